The van der Waals surface area contributed by atoms with Crippen LogP contribution in [0.3, 0.4) is 0 Å². The third-order valence-corrected chi connectivity index (χ3v) is 2.69. The van der Waals surface area contributed by atoms with Crippen molar-refractivity contribution in [2.45, 2.75) is 0 Å². The Morgan fingerprint density at radius 3 is 2.62 bits per heavy atom. The quantitative estimate of drug-likeness (QED) is 0.496. The van der Waals surface area contributed by atoms with Gasteiger partial charge in [-0.25, -0.2) is 0 Å². The van der Waals surface area contributed by atoms with Crippen LogP contribution in [0.25, 0.3) is 0 Å². The zero-order valence-electron chi connectivity index (χ0n) is 6.64. The average Bonchev–Trinajstić information content (AvgIpc) is 1.94. The van der Waals surface area contributed by atoms with E-state index in [1.807, 2.05) is 22.6 Å². The SMILES string of the molecule is C[n+]1cc(I)cn(S(N)(=O)=O)c1=O. The zero-order chi connectivity index (χ0) is 10.2. The molecule has 0 unspecified atom stereocenters. The van der Waals surface area contributed by atoms with Crippen LogP contribution in [0.15, 0.2) is 17.2 Å². The molecule has 0 aliphatic rings. The maximum atomic E-state index is 11.2. The van der Waals surface area contributed by atoms with Crippen molar-refractivity contribution in [2.75, 3.05) is 0 Å². The van der Waals surface area contributed by atoms with Gasteiger partial charge in [-0.15, -0.1) is 0 Å². The molecule has 1 aromatic heterocycles. The predicted octanol–water partition coefficient (Wildman–Crippen LogP) is -1.67. The number of nitrogens with zero attached hydrogens (tertiary/aromatic N) is 2. The third kappa shape index (κ3) is 2.25. The molecule has 0 aliphatic heterocycles. The van der Waals surface area contributed by atoms with Crippen LogP contribution in [-0.2, 0) is 17.3 Å². The lowest BCUT2D eigenvalue weighted by atomic mass is 10.7. The van der Waals surface area contributed by atoms with Gasteiger partial charge in [0.05, 0.1) is 10.6 Å². The van der Waals surface area contributed by atoms with Crippen LogP contribution in [0.1, 0.15) is 0 Å². The molecule has 0 fully saturated rings. The average molecular weight is 316 g/mol. The molecule has 0 spiro atoms. The van der Waals surface area contributed by atoms with Crippen molar-refractivity contribution in [1.29, 1.82) is 0 Å². The first-order chi connectivity index (χ1) is 5.82. The lowest BCUT2D eigenvalue weighted by Gasteiger charge is -1.96. The van der Waals surface area contributed by atoms with E-state index in [2.05, 4.69) is 0 Å². The Kier molecular flexibility index (Phi) is 2.73. The Labute approximate surface area is 88.3 Å². The molecule has 0 bridgehead atoms. The summed E-state index contributed by atoms with van der Waals surface area (Å²) in [5, 5.41) is 4.81. The number of rotatable bonds is 1. The highest BCUT2D eigenvalue weighted by atomic mass is 127. The van der Waals surface area contributed by atoms with E-state index < -0.39 is 15.9 Å². The summed E-state index contributed by atoms with van der Waals surface area (Å²) in [7, 11) is -2.55. The molecule has 72 valence electrons. The van der Waals surface area contributed by atoms with Crippen molar-refractivity contribution in [3.8, 4) is 0 Å². The maximum Gasteiger partial charge on any atom is 0.514 e. The topological polar surface area (TPSA) is 86.0 Å². The molecule has 0 atom stereocenters. The summed E-state index contributed by atoms with van der Waals surface area (Å²) in [5.41, 5.74) is -0.692. The largest absolute Gasteiger partial charge is 0.514 e. The Morgan fingerprint density at radius 2 is 2.15 bits per heavy atom. The summed E-state index contributed by atoms with van der Waals surface area (Å²) < 4.78 is 24.0. The van der Waals surface area contributed by atoms with Gasteiger partial charge in [-0.3, -0.25) is 0 Å². The smallest absolute Gasteiger partial charge is 0.198 e. The van der Waals surface area contributed by atoms with Gasteiger partial charge in [0.2, 0.25) is 0 Å². The van der Waals surface area contributed by atoms with E-state index in [0.717, 1.165) is 10.8 Å². The summed E-state index contributed by atoms with van der Waals surface area (Å²) in [5.74, 6) is 0. The fourth-order valence-corrected chi connectivity index (χ4v) is 2.27. The number of aromatic nitrogens is 2. The summed E-state index contributed by atoms with van der Waals surface area (Å²) in [6.45, 7) is 0. The van der Waals surface area contributed by atoms with Gasteiger partial charge in [0.15, 0.2) is 0 Å². The zero-order valence-corrected chi connectivity index (χ0v) is 9.61. The lowest BCUT2D eigenvalue weighted by molar-refractivity contribution is -0.690. The Hall–Kier alpha value is -0.480. The molecule has 1 aromatic rings. The number of aryl methyl sites for hydroxylation is 1. The van der Waals surface area contributed by atoms with Crippen LogP contribution in [-0.4, -0.2) is 12.4 Å². The molecular weight excluding hydrogens is 309 g/mol. The molecule has 0 saturated heterocycles. The van der Waals surface area contributed by atoms with Crippen molar-refractivity contribution in [3.63, 3.8) is 0 Å². The van der Waals surface area contributed by atoms with Gasteiger partial charge in [0, 0.05) is 0 Å². The first kappa shape index (κ1) is 10.6. The molecule has 1 rings (SSSR count). The highest BCUT2D eigenvalue weighted by molar-refractivity contribution is 14.1. The molecule has 0 aliphatic carbocycles. The van der Waals surface area contributed by atoms with E-state index in [9.17, 15) is 13.2 Å². The highest BCUT2D eigenvalue weighted by Gasteiger charge is 2.19. The van der Waals surface area contributed by atoms with Crippen molar-refractivity contribution in [1.82, 2.24) is 3.97 Å². The molecule has 6 nitrogen and oxygen atoms in total. The minimum absolute atomic E-state index is 0.495. The first-order valence-corrected chi connectivity index (χ1v) is 5.71. The highest BCUT2D eigenvalue weighted by Crippen LogP contribution is 1.97. The first-order valence-electron chi connectivity index (χ1n) is 3.13. The van der Waals surface area contributed by atoms with Crippen LogP contribution < -0.4 is 15.4 Å². The fraction of sp³-hybridized carbons (Fsp3) is 0.200. The van der Waals surface area contributed by atoms with Gasteiger partial charge in [0.1, 0.15) is 12.4 Å². The van der Waals surface area contributed by atoms with Gasteiger partial charge in [0.25, 0.3) is 0 Å². The Balaban J connectivity index is 3.66. The molecule has 0 radical (unpaired) electrons. The molecule has 0 saturated carbocycles. The monoisotopic (exact) mass is 316 g/mol. The van der Waals surface area contributed by atoms with E-state index in [0.29, 0.717) is 7.54 Å². The normalized spacial score (nSPS) is 11.6. The number of hydrogen-bond acceptors (Lipinski definition) is 3. The van der Waals surface area contributed by atoms with Crippen LogP contribution in [0, 0.1) is 3.57 Å². The molecular formula is C5H7IN3O3S+. The second kappa shape index (κ2) is 3.35. The van der Waals surface area contributed by atoms with Crippen LogP contribution in [0.4, 0.5) is 0 Å². The minimum atomic E-state index is -4.00. The second-order valence-electron chi connectivity index (χ2n) is 2.38. The van der Waals surface area contributed by atoms with E-state index in [1.54, 1.807) is 0 Å². The summed E-state index contributed by atoms with van der Waals surface area (Å²) in [6, 6.07) is 0. The molecule has 0 amide bonds. The number of halogens is 1. The van der Waals surface area contributed by atoms with Crippen LogP contribution in [0.2, 0.25) is 0 Å². The lowest BCUT2D eigenvalue weighted by Crippen LogP contribution is -2.53. The maximum absolute atomic E-state index is 11.2. The molecule has 8 heteroatoms. The standard InChI is InChI=1S/C5H7IN3O3S/c1-8-2-4(6)3-9(5(8)10)13(7,11)12/h2-3H,1H3,(H2,7,11,12)/q+1. The summed E-state index contributed by atoms with van der Waals surface area (Å²) in [4.78, 5) is 11.2. The van der Waals surface area contributed by atoms with E-state index in [-0.39, 0.29) is 0 Å². The second-order valence-corrected chi connectivity index (χ2v) is 5.05. The van der Waals surface area contributed by atoms with Crippen molar-refractivity contribution >= 4 is 32.8 Å². The summed E-state index contributed by atoms with van der Waals surface area (Å²) in [6.07, 6.45) is 2.67. The number of hydrogen-bond donors (Lipinski definition) is 1. The van der Waals surface area contributed by atoms with Crippen LogP contribution in [0.5, 0.6) is 0 Å². The Bertz CT molecular complexity index is 492. The molecule has 2 N–H and O–H groups in total. The van der Waals surface area contributed by atoms with Gasteiger partial charge < -0.3 is 0 Å². The number of nitrogens with two attached hydrogens (primary N) is 1. The van der Waals surface area contributed by atoms with Gasteiger partial charge >= 0.3 is 15.9 Å². The molecule has 0 aromatic carbocycles. The van der Waals surface area contributed by atoms with Crippen molar-refractivity contribution in [3.05, 3.63) is 26.4 Å². The van der Waals surface area contributed by atoms with E-state index in [4.69, 9.17) is 5.14 Å². The minimum Gasteiger partial charge on any atom is -0.198 e. The molecule has 1 heterocycles. The predicted molar refractivity (Wildman–Crippen MR) is 53.1 cm³/mol. The van der Waals surface area contributed by atoms with Gasteiger partial charge in [-0.1, -0.05) is 3.97 Å². The van der Waals surface area contributed by atoms with E-state index >= 15 is 0 Å². The van der Waals surface area contributed by atoms with E-state index in [1.165, 1.54) is 13.2 Å². The fourth-order valence-electron chi connectivity index (χ4n) is 0.779. The van der Waals surface area contributed by atoms with Gasteiger partial charge in [-0.05, 0) is 22.6 Å². The Morgan fingerprint density at radius 1 is 1.62 bits per heavy atom. The summed E-state index contributed by atoms with van der Waals surface area (Å²) >= 11 is 1.89. The van der Waals surface area contributed by atoms with Crippen LogP contribution >= 0.6 is 22.6 Å². The van der Waals surface area contributed by atoms with Gasteiger partial charge in [-0.2, -0.15) is 22.9 Å². The third-order valence-electron chi connectivity index (χ3n) is 1.32. The molecule has 13 heavy (non-hydrogen) atoms. The van der Waals surface area contributed by atoms with Crippen molar-refractivity contribution in [2.24, 2.45) is 12.2 Å². The van der Waals surface area contributed by atoms with Crippen molar-refractivity contribution < 1.29 is 13.0 Å².